The first-order valence-corrected chi connectivity index (χ1v) is 13.5. The molecule has 15 nitrogen and oxygen atoms in total. The Kier molecular flexibility index (Phi) is 12.3. The van der Waals surface area contributed by atoms with Gasteiger partial charge in [-0.2, -0.15) is 18.6 Å². The number of aryl methyl sites for hydroxylation is 1. The van der Waals surface area contributed by atoms with Crippen LogP contribution in [0.15, 0.2) is 66.0 Å². The van der Waals surface area contributed by atoms with E-state index in [4.69, 9.17) is 14.2 Å². The summed E-state index contributed by atoms with van der Waals surface area (Å²) in [7, 11) is -2.79. The molecule has 0 unspecified atom stereocenters. The number of para-hydroxylation sites is 2. The number of aromatic amines is 1. The number of H-pyrrole nitrogens is 1. The third-order valence-electron chi connectivity index (χ3n) is 5.43. The summed E-state index contributed by atoms with van der Waals surface area (Å²) in [5.41, 5.74) is 1.56. The first kappa shape index (κ1) is 34.3. The molecule has 0 aliphatic rings. The average Bonchev–Trinajstić information content (AvgIpc) is 3.53. The SMILES string of the molecule is COc1ccccc1Oc1c(NS(=O)(=O)c2ccc(C)cn2)nc(-c2ccnc(-c3nn[nH]n3)c2)nc1OCCO.[Na].[Na]. The number of benzene rings is 1. The van der Waals surface area contributed by atoms with Crippen LogP contribution >= 0.6 is 0 Å². The molecule has 4 aromatic heterocycles. The number of rotatable bonds is 11. The van der Waals surface area contributed by atoms with Crippen LogP contribution < -0.4 is 18.9 Å². The van der Waals surface area contributed by atoms with E-state index < -0.39 is 10.0 Å². The average molecular weight is 624 g/mol. The zero-order chi connectivity index (χ0) is 28.8. The summed E-state index contributed by atoms with van der Waals surface area (Å²) in [6.07, 6.45) is 2.91. The zero-order valence-corrected chi connectivity index (χ0v) is 28.5. The third kappa shape index (κ3) is 8.24. The van der Waals surface area contributed by atoms with Crippen molar-refractivity contribution in [2.45, 2.75) is 11.9 Å². The van der Waals surface area contributed by atoms with E-state index in [9.17, 15) is 13.5 Å². The van der Waals surface area contributed by atoms with Crippen LogP contribution in [0.5, 0.6) is 23.1 Å². The van der Waals surface area contributed by atoms with Gasteiger partial charge in [0.1, 0.15) is 12.3 Å². The Bertz CT molecular complexity index is 1760. The zero-order valence-electron chi connectivity index (χ0n) is 23.7. The molecular weight excluding hydrogens is 600 g/mol. The Balaban J connectivity index is 0.00000253. The van der Waals surface area contributed by atoms with E-state index in [-0.39, 0.29) is 112 Å². The fourth-order valence-corrected chi connectivity index (χ4v) is 4.46. The van der Waals surface area contributed by atoms with E-state index >= 15 is 0 Å². The first-order chi connectivity index (χ1) is 19.9. The van der Waals surface area contributed by atoms with Crippen LogP contribution in [0.25, 0.3) is 22.9 Å². The van der Waals surface area contributed by atoms with Crippen molar-refractivity contribution >= 4 is 75.0 Å². The normalized spacial score (nSPS) is 10.7. The molecule has 0 spiro atoms. The fourth-order valence-electron chi connectivity index (χ4n) is 3.53. The number of anilines is 1. The Morgan fingerprint density at radius 3 is 2.47 bits per heavy atom. The maximum absolute atomic E-state index is 13.4. The third-order valence-corrected chi connectivity index (χ3v) is 6.68. The van der Waals surface area contributed by atoms with Gasteiger partial charge in [0.2, 0.25) is 11.6 Å². The molecule has 1 aromatic carbocycles. The van der Waals surface area contributed by atoms with Crippen LogP contribution in [0.1, 0.15) is 5.56 Å². The van der Waals surface area contributed by atoms with E-state index in [0.29, 0.717) is 17.0 Å². The summed E-state index contributed by atoms with van der Waals surface area (Å²) < 4.78 is 46.4. The minimum Gasteiger partial charge on any atom is -0.493 e. The van der Waals surface area contributed by atoms with Crippen molar-refractivity contribution in [3.63, 3.8) is 0 Å². The summed E-state index contributed by atoms with van der Waals surface area (Å²) in [6, 6.07) is 12.9. The summed E-state index contributed by atoms with van der Waals surface area (Å²) in [5, 5.41) is 23.0. The second-order valence-electron chi connectivity index (χ2n) is 8.30. The quantitative estimate of drug-likeness (QED) is 0.180. The molecule has 0 atom stereocenters. The maximum Gasteiger partial charge on any atom is 0.280 e. The summed E-state index contributed by atoms with van der Waals surface area (Å²) in [4.78, 5) is 17.2. The van der Waals surface area contributed by atoms with Crippen LogP contribution in [0.3, 0.4) is 0 Å². The van der Waals surface area contributed by atoms with Crippen molar-refractivity contribution in [2.24, 2.45) is 0 Å². The van der Waals surface area contributed by atoms with Gasteiger partial charge in [0.25, 0.3) is 15.9 Å². The first-order valence-electron chi connectivity index (χ1n) is 12.0. The molecule has 3 N–H and O–H groups in total. The van der Waals surface area contributed by atoms with Gasteiger partial charge < -0.3 is 19.3 Å². The molecule has 4 heterocycles. The molecule has 0 aliphatic heterocycles. The van der Waals surface area contributed by atoms with E-state index in [2.05, 4.69) is 45.3 Å². The van der Waals surface area contributed by atoms with Crippen molar-refractivity contribution in [1.82, 2.24) is 40.6 Å². The molecule has 0 saturated carbocycles. The van der Waals surface area contributed by atoms with Crippen molar-refractivity contribution in [2.75, 3.05) is 25.0 Å². The second kappa shape index (κ2) is 15.5. The van der Waals surface area contributed by atoms with Gasteiger partial charge in [-0.15, -0.1) is 10.2 Å². The van der Waals surface area contributed by atoms with Crippen LogP contribution in [-0.2, 0) is 10.0 Å². The van der Waals surface area contributed by atoms with Crippen LogP contribution in [-0.4, -0.2) is 134 Å². The van der Waals surface area contributed by atoms with Gasteiger partial charge in [0.15, 0.2) is 28.2 Å². The summed E-state index contributed by atoms with van der Waals surface area (Å²) in [6.45, 7) is 1.27. The second-order valence-corrected chi connectivity index (χ2v) is 9.93. The summed E-state index contributed by atoms with van der Waals surface area (Å²) in [5.74, 6) is 0.291. The van der Waals surface area contributed by atoms with Gasteiger partial charge in [0, 0.05) is 77.1 Å². The van der Waals surface area contributed by atoms with Crippen molar-refractivity contribution < 1.29 is 27.7 Å². The largest absolute Gasteiger partial charge is 0.493 e. The Morgan fingerprint density at radius 2 is 1.79 bits per heavy atom. The number of aromatic nitrogens is 8. The number of hydrogen-bond donors (Lipinski definition) is 3. The number of ether oxygens (including phenoxy) is 3. The van der Waals surface area contributed by atoms with Crippen LogP contribution in [0.4, 0.5) is 5.82 Å². The number of hydrogen-bond acceptors (Lipinski definition) is 13. The summed E-state index contributed by atoms with van der Waals surface area (Å²) >= 11 is 0. The van der Waals surface area contributed by atoms with Crippen LogP contribution in [0.2, 0.25) is 0 Å². The van der Waals surface area contributed by atoms with Gasteiger partial charge in [-0.25, -0.2) is 9.97 Å². The minimum absolute atomic E-state index is 0. The number of nitrogens with one attached hydrogen (secondary N) is 2. The van der Waals surface area contributed by atoms with Crippen molar-refractivity contribution in [3.05, 3.63) is 66.5 Å². The monoisotopic (exact) mass is 623 g/mol. The standard InChI is InChI=1S/C25H23N9O6S.2Na/c1-15-7-8-20(27-14-15)41(36,37)32-24-21(40-19-6-4-3-5-18(19)38-2)25(39-12-11-35)29-22(28-24)16-9-10-26-17(13-16)23-30-33-34-31-23;;/h3-10,13-14,35H,11-12H2,1-2H3,(H,28,29,32)(H,30,31,33,34);;. The van der Waals surface area contributed by atoms with E-state index in [1.165, 1.54) is 25.6 Å². The van der Waals surface area contributed by atoms with Gasteiger partial charge in [-0.1, -0.05) is 18.2 Å². The smallest absolute Gasteiger partial charge is 0.280 e. The molecule has 5 rings (SSSR count). The number of nitrogens with zero attached hydrogens (tertiary/aromatic N) is 7. The van der Waals surface area contributed by atoms with Gasteiger partial charge >= 0.3 is 0 Å². The Hall–Kier alpha value is -3.22. The van der Waals surface area contributed by atoms with E-state index in [1.54, 1.807) is 49.4 Å². The topological polar surface area (TPSA) is 200 Å². The molecule has 5 aromatic rings. The Morgan fingerprint density at radius 1 is 1.00 bits per heavy atom. The van der Waals surface area contributed by atoms with Crippen molar-refractivity contribution in [3.8, 4) is 46.0 Å². The number of aliphatic hydroxyl groups is 1. The minimum atomic E-state index is -4.25. The number of methoxy groups -OCH3 is 1. The molecule has 0 amide bonds. The molecule has 2 radical (unpaired) electrons. The van der Waals surface area contributed by atoms with E-state index in [1.807, 2.05) is 0 Å². The van der Waals surface area contributed by atoms with Crippen LogP contribution in [0, 0.1) is 6.92 Å². The number of pyridine rings is 2. The van der Waals surface area contributed by atoms with Gasteiger partial charge in [-0.3, -0.25) is 9.71 Å². The predicted octanol–water partition coefficient (Wildman–Crippen LogP) is 1.63. The number of sulfonamides is 1. The van der Waals surface area contributed by atoms with E-state index in [0.717, 1.165) is 5.56 Å². The van der Waals surface area contributed by atoms with Crippen molar-refractivity contribution in [1.29, 1.82) is 0 Å². The number of tetrazole rings is 1. The molecule has 18 heteroatoms. The number of aliphatic hydroxyl groups excluding tert-OH is 1. The molecule has 0 fully saturated rings. The maximum atomic E-state index is 13.4. The molecule has 43 heavy (non-hydrogen) atoms. The molecule has 0 aliphatic carbocycles. The molecule has 0 saturated heterocycles. The predicted molar refractivity (Wildman–Crippen MR) is 155 cm³/mol. The Labute approximate surface area is 290 Å². The molecule has 0 bridgehead atoms. The fraction of sp³-hybridized carbons (Fsp3) is 0.160. The van der Waals surface area contributed by atoms with Gasteiger partial charge in [-0.05, 0) is 48.0 Å². The van der Waals surface area contributed by atoms with Gasteiger partial charge in [0.05, 0.1) is 13.7 Å². The molecular formula is C25H23N9Na2O6S. The molecule has 212 valence electrons.